The molecule has 0 spiro atoms. The molecular formula is C16H19N3O2. The number of fused-ring (bicyclic) bond motifs is 1. The van der Waals surface area contributed by atoms with Gasteiger partial charge in [-0.25, -0.2) is 4.98 Å². The molecule has 1 aromatic carbocycles. The molecule has 110 valence electrons. The zero-order chi connectivity index (χ0) is 15.2. The highest BCUT2D eigenvalue weighted by molar-refractivity contribution is 6.00. The predicted octanol–water partition coefficient (Wildman–Crippen LogP) is 2.38. The second-order valence-corrected chi connectivity index (χ2v) is 6.58. The molecule has 0 aliphatic carbocycles. The molecule has 1 saturated heterocycles. The molecule has 2 heterocycles. The van der Waals surface area contributed by atoms with Crippen LogP contribution in [-0.2, 0) is 15.0 Å². The quantitative estimate of drug-likeness (QED) is 0.790. The number of para-hydroxylation sites is 1. The second kappa shape index (κ2) is 4.69. The zero-order valence-electron chi connectivity index (χ0n) is 12.5. The fourth-order valence-electron chi connectivity index (χ4n) is 2.79. The highest BCUT2D eigenvalue weighted by Gasteiger charge is 2.31. The summed E-state index contributed by atoms with van der Waals surface area (Å²) >= 11 is 0. The van der Waals surface area contributed by atoms with Gasteiger partial charge in [-0.3, -0.25) is 14.9 Å². The molecule has 1 atom stereocenters. The average molecular weight is 285 g/mol. The Bertz CT molecular complexity index is 725. The van der Waals surface area contributed by atoms with Crippen LogP contribution in [0.2, 0.25) is 0 Å². The zero-order valence-corrected chi connectivity index (χ0v) is 12.5. The lowest BCUT2D eigenvalue weighted by molar-refractivity contribution is -0.134. The van der Waals surface area contributed by atoms with Crippen LogP contribution in [0, 0.1) is 0 Å². The van der Waals surface area contributed by atoms with Crippen LogP contribution in [0.1, 0.15) is 50.9 Å². The van der Waals surface area contributed by atoms with Crippen molar-refractivity contribution < 1.29 is 9.59 Å². The van der Waals surface area contributed by atoms with Gasteiger partial charge in [-0.15, -0.1) is 0 Å². The van der Waals surface area contributed by atoms with Crippen molar-refractivity contribution in [2.75, 3.05) is 0 Å². The van der Waals surface area contributed by atoms with E-state index in [1.165, 1.54) is 5.56 Å². The number of piperidine rings is 1. The van der Waals surface area contributed by atoms with Gasteiger partial charge >= 0.3 is 0 Å². The number of hydrogen-bond donors (Lipinski definition) is 2. The first-order valence-electron chi connectivity index (χ1n) is 7.19. The van der Waals surface area contributed by atoms with Crippen LogP contribution in [0.25, 0.3) is 11.0 Å². The Hall–Kier alpha value is -2.17. The molecule has 5 nitrogen and oxygen atoms in total. The fourth-order valence-corrected chi connectivity index (χ4v) is 2.79. The maximum absolute atomic E-state index is 12.0. The summed E-state index contributed by atoms with van der Waals surface area (Å²) < 4.78 is 0. The Morgan fingerprint density at radius 2 is 2.00 bits per heavy atom. The van der Waals surface area contributed by atoms with Crippen molar-refractivity contribution in [3.05, 3.63) is 29.6 Å². The lowest BCUT2D eigenvalue weighted by Crippen LogP contribution is -2.39. The molecule has 5 heteroatoms. The van der Waals surface area contributed by atoms with Crippen LogP contribution in [0.5, 0.6) is 0 Å². The van der Waals surface area contributed by atoms with Gasteiger partial charge in [-0.1, -0.05) is 32.9 Å². The number of aromatic amines is 1. The van der Waals surface area contributed by atoms with E-state index < -0.39 is 0 Å². The summed E-state index contributed by atoms with van der Waals surface area (Å²) in [5.41, 5.74) is 3.01. The smallest absolute Gasteiger partial charge is 0.237 e. The van der Waals surface area contributed by atoms with Crippen LogP contribution >= 0.6 is 0 Å². The largest absolute Gasteiger partial charge is 0.341 e. The van der Waals surface area contributed by atoms with Gasteiger partial charge in [0.1, 0.15) is 5.82 Å². The van der Waals surface area contributed by atoms with Gasteiger partial charge in [0.15, 0.2) is 0 Å². The highest BCUT2D eigenvalue weighted by Crippen LogP contribution is 2.31. The minimum absolute atomic E-state index is 0.00585. The molecule has 2 N–H and O–H groups in total. The van der Waals surface area contributed by atoms with E-state index in [0.29, 0.717) is 18.7 Å². The number of H-pyrrole nitrogens is 1. The van der Waals surface area contributed by atoms with Crippen molar-refractivity contribution >= 4 is 22.8 Å². The van der Waals surface area contributed by atoms with Crippen LogP contribution in [0.15, 0.2) is 18.2 Å². The third kappa shape index (κ3) is 2.44. The second-order valence-electron chi connectivity index (χ2n) is 6.58. The number of imide groups is 1. The van der Waals surface area contributed by atoms with Gasteiger partial charge in [0, 0.05) is 6.42 Å². The SMILES string of the molecule is CC(C)(C)c1cccc2nc(C3CCC(=O)NC3=O)[nH]c12. The molecule has 1 fully saturated rings. The van der Waals surface area contributed by atoms with Gasteiger partial charge in [0.25, 0.3) is 0 Å². The number of nitrogens with zero attached hydrogens (tertiary/aromatic N) is 1. The number of carbonyl (C=O) groups is 2. The number of carbonyl (C=O) groups excluding carboxylic acids is 2. The van der Waals surface area contributed by atoms with E-state index in [-0.39, 0.29) is 23.1 Å². The summed E-state index contributed by atoms with van der Waals surface area (Å²) in [7, 11) is 0. The molecule has 1 aliphatic heterocycles. The molecule has 2 amide bonds. The van der Waals surface area contributed by atoms with Crippen LogP contribution in [-0.4, -0.2) is 21.8 Å². The molecule has 1 unspecified atom stereocenters. The number of amides is 2. The summed E-state index contributed by atoms with van der Waals surface area (Å²) in [5.74, 6) is -0.194. The van der Waals surface area contributed by atoms with Gasteiger partial charge in [0.05, 0.1) is 17.0 Å². The van der Waals surface area contributed by atoms with Gasteiger partial charge in [-0.05, 0) is 23.5 Å². The molecular weight excluding hydrogens is 266 g/mol. The number of rotatable bonds is 1. The van der Waals surface area contributed by atoms with Gasteiger partial charge < -0.3 is 4.98 Å². The van der Waals surface area contributed by atoms with Crippen molar-refractivity contribution in [3.63, 3.8) is 0 Å². The minimum Gasteiger partial charge on any atom is -0.341 e. The van der Waals surface area contributed by atoms with Gasteiger partial charge in [0.2, 0.25) is 11.8 Å². The first-order chi connectivity index (χ1) is 9.86. The highest BCUT2D eigenvalue weighted by atomic mass is 16.2. The summed E-state index contributed by atoms with van der Waals surface area (Å²) in [5, 5.41) is 2.38. The summed E-state index contributed by atoms with van der Waals surface area (Å²) in [4.78, 5) is 31.1. The molecule has 1 aromatic heterocycles. The predicted molar refractivity (Wildman–Crippen MR) is 79.9 cm³/mol. The molecule has 0 radical (unpaired) electrons. The Morgan fingerprint density at radius 1 is 1.24 bits per heavy atom. The topological polar surface area (TPSA) is 74.8 Å². The standard InChI is InChI=1S/C16H19N3O2/c1-16(2,3)10-5-4-6-11-13(10)19-14(17-11)9-7-8-12(20)18-15(9)21/h4-6,9H,7-8H2,1-3H3,(H,17,19)(H,18,20,21). The van der Waals surface area contributed by atoms with E-state index in [1.54, 1.807) is 0 Å². The minimum atomic E-state index is -0.372. The van der Waals surface area contributed by atoms with E-state index in [0.717, 1.165) is 11.0 Å². The molecule has 0 bridgehead atoms. The van der Waals surface area contributed by atoms with Crippen molar-refractivity contribution in [1.29, 1.82) is 0 Å². The Labute approximate surface area is 123 Å². The van der Waals surface area contributed by atoms with Crippen molar-refractivity contribution in [3.8, 4) is 0 Å². The third-order valence-corrected chi connectivity index (χ3v) is 3.91. The van der Waals surface area contributed by atoms with E-state index in [2.05, 4.69) is 42.1 Å². The monoisotopic (exact) mass is 285 g/mol. The van der Waals surface area contributed by atoms with Gasteiger partial charge in [-0.2, -0.15) is 0 Å². The van der Waals surface area contributed by atoms with Crippen molar-refractivity contribution in [2.45, 2.75) is 44.9 Å². The van der Waals surface area contributed by atoms with Crippen molar-refractivity contribution in [2.24, 2.45) is 0 Å². The molecule has 2 aromatic rings. The fraction of sp³-hybridized carbons (Fsp3) is 0.438. The molecule has 21 heavy (non-hydrogen) atoms. The van der Waals surface area contributed by atoms with Crippen LogP contribution in [0.3, 0.4) is 0 Å². The number of aromatic nitrogens is 2. The Balaban J connectivity index is 2.06. The Morgan fingerprint density at radius 3 is 2.67 bits per heavy atom. The van der Waals surface area contributed by atoms with E-state index in [9.17, 15) is 9.59 Å². The third-order valence-electron chi connectivity index (χ3n) is 3.91. The normalized spacial score (nSPS) is 19.9. The lowest BCUT2D eigenvalue weighted by Gasteiger charge is -2.20. The number of imidazole rings is 1. The van der Waals surface area contributed by atoms with E-state index in [4.69, 9.17) is 0 Å². The van der Waals surface area contributed by atoms with Crippen molar-refractivity contribution in [1.82, 2.24) is 15.3 Å². The maximum Gasteiger partial charge on any atom is 0.237 e. The Kier molecular flexibility index (Phi) is 3.08. The molecule has 0 saturated carbocycles. The molecule has 3 rings (SSSR count). The number of benzene rings is 1. The summed E-state index contributed by atoms with van der Waals surface area (Å²) in [6.07, 6.45) is 0.870. The lowest BCUT2D eigenvalue weighted by atomic mass is 9.86. The molecule has 1 aliphatic rings. The van der Waals surface area contributed by atoms with Crippen LogP contribution < -0.4 is 5.32 Å². The van der Waals surface area contributed by atoms with E-state index >= 15 is 0 Å². The van der Waals surface area contributed by atoms with E-state index in [1.807, 2.05) is 12.1 Å². The first-order valence-corrected chi connectivity index (χ1v) is 7.19. The average Bonchev–Trinajstić information content (AvgIpc) is 2.80. The summed E-state index contributed by atoms with van der Waals surface area (Å²) in [6, 6.07) is 6.00. The maximum atomic E-state index is 12.0. The number of hydrogen-bond acceptors (Lipinski definition) is 3. The van der Waals surface area contributed by atoms with Crippen LogP contribution in [0.4, 0.5) is 0 Å². The number of nitrogens with one attached hydrogen (secondary N) is 2. The first kappa shape index (κ1) is 13.8. The summed E-state index contributed by atoms with van der Waals surface area (Å²) in [6.45, 7) is 6.44.